The molecule has 0 saturated heterocycles. The molecule has 6 aromatic carbocycles. The first-order chi connectivity index (χ1) is 19.4. The van der Waals surface area contributed by atoms with Crippen molar-refractivity contribution < 1.29 is 0 Å². The summed E-state index contributed by atoms with van der Waals surface area (Å²) >= 11 is 0. The molecule has 0 heteroatoms. The van der Waals surface area contributed by atoms with Gasteiger partial charge in [-0.3, -0.25) is 0 Å². The SMILES string of the molecule is C.CC.Cc1ccc2cc(C3(c4ccc5cc(C(C)(C)C)ccc5c4)c4ccccc4-c4ccccc43)ccc2c1. The highest BCUT2D eigenvalue weighted by molar-refractivity contribution is 5.91. The van der Waals surface area contributed by atoms with Crippen LogP contribution in [0.2, 0.25) is 0 Å². The fraction of sp³-hybridized carbons (Fsp3) is 0.220. The van der Waals surface area contributed by atoms with Gasteiger partial charge in [-0.25, -0.2) is 0 Å². The first kappa shape index (κ1) is 28.4. The molecule has 0 aromatic heterocycles. The summed E-state index contributed by atoms with van der Waals surface area (Å²) in [5, 5.41) is 5.15. The zero-order valence-electron chi connectivity index (χ0n) is 24.5. The Balaban J connectivity index is 0.00000110. The highest BCUT2D eigenvalue weighted by atomic mass is 14.5. The van der Waals surface area contributed by atoms with Crippen LogP contribution in [0.3, 0.4) is 0 Å². The molecular weight excluding hydrogens is 492 g/mol. The van der Waals surface area contributed by atoms with Gasteiger partial charge >= 0.3 is 0 Å². The van der Waals surface area contributed by atoms with E-state index in [4.69, 9.17) is 0 Å². The van der Waals surface area contributed by atoms with Crippen LogP contribution in [0.5, 0.6) is 0 Å². The van der Waals surface area contributed by atoms with Crippen molar-refractivity contribution in [2.45, 2.75) is 59.8 Å². The van der Waals surface area contributed by atoms with Gasteiger partial charge in [0.1, 0.15) is 0 Å². The second kappa shape index (κ2) is 10.7. The molecule has 7 rings (SSSR count). The molecule has 206 valence electrons. The fourth-order valence-corrected chi connectivity index (χ4v) is 6.57. The van der Waals surface area contributed by atoms with Gasteiger partial charge in [0.05, 0.1) is 5.41 Å². The first-order valence-electron chi connectivity index (χ1n) is 14.6. The van der Waals surface area contributed by atoms with E-state index >= 15 is 0 Å². The molecule has 0 radical (unpaired) electrons. The van der Waals surface area contributed by atoms with E-state index in [-0.39, 0.29) is 18.3 Å². The predicted molar refractivity (Wildman–Crippen MR) is 180 cm³/mol. The molecule has 41 heavy (non-hydrogen) atoms. The van der Waals surface area contributed by atoms with E-state index in [1.807, 2.05) is 13.8 Å². The monoisotopic (exact) mass is 534 g/mol. The highest BCUT2D eigenvalue weighted by Crippen LogP contribution is 2.56. The third-order valence-electron chi connectivity index (χ3n) is 8.52. The Morgan fingerprint density at radius 3 is 1.46 bits per heavy atom. The summed E-state index contributed by atoms with van der Waals surface area (Å²) in [5.41, 5.74) is 10.4. The molecule has 0 atom stereocenters. The number of aryl methyl sites for hydroxylation is 1. The van der Waals surface area contributed by atoms with Crippen LogP contribution in [0.4, 0.5) is 0 Å². The van der Waals surface area contributed by atoms with Gasteiger partial charge in [-0.1, -0.05) is 157 Å². The Morgan fingerprint density at radius 2 is 0.927 bits per heavy atom. The zero-order chi connectivity index (χ0) is 28.1. The summed E-state index contributed by atoms with van der Waals surface area (Å²) in [6.07, 6.45) is 0. The molecule has 1 aliphatic rings. The summed E-state index contributed by atoms with van der Waals surface area (Å²) in [7, 11) is 0. The van der Waals surface area contributed by atoms with E-state index in [0.29, 0.717) is 0 Å². The number of fused-ring (bicyclic) bond motifs is 5. The molecule has 0 fully saturated rings. The van der Waals surface area contributed by atoms with E-state index in [0.717, 1.165) is 0 Å². The van der Waals surface area contributed by atoms with E-state index in [1.165, 1.54) is 66.1 Å². The summed E-state index contributed by atoms with van der Waals surface area (Å²) in [6, 6.07) is 45.9. The lowest BCUT2D eigenvalue weighted by atomic mass is 9.67. The third-order valence-corrected chi connectivity index (χ3v) is 8.52. The second-order valence-corrected chi connectivity index (χ2v) is 11.9. The molecule has 1 aliphatic carbocycles. The topological polar surface area (TPSA) is 0 Å². The molecule has 0 amide bonds. The van der Waals surface area contributed by atoms with Gasteiger partial charge in [-0.2, -0.15) is 0 Å². The zero-order valence-corrected chi connectivity index (χ0v) is 24.5. The van der Waals surface area contributed by atoms with Gasteiger partial charge in [0.25, 0.3) is 0 Å². The minimum absolute atomic E-state index is 0. The Kier molecular flexibility index (Phi) is 7.39. The van der Waals surface area contributed by atoms with E-state index in [2.05, 4.69) is 149 Å². The minimum atomic E-state index is -0.386. The fourth-order valence-electron chi connectivity index (χ4n) is 6.57. The Bertz CT molecular complexity index is 1820. The number of rotatable bonds is 2. The van der Waals surface area contributed by atoms with Gasteiger partial charge < -0.3 is 0 Å². The molecule has 0 spiro atoms. The van der Waals surface area contributed by atoms with Crippen molar-refractivity contribution in [3.8, 4) is 11.1 Å². The Hall–Kier alpha value is -4.16. The van der Waals surface area contributed by atoms with Crippen molar-refractivity contribution in [3.63, 3.8) is 0 Å². The maximum atomic E-state index is 2.43. The molecule has 0 saturated carbocycles. The molecule has 0 N–H and O–H groups in total. The third kappa shape index (κ3) is 4.47. The van der Waals surface area contributed by atoms with Crippen molar-refractivity contribution in [2.24, 2.45) is 0 Å². The van der Waals surface area contributed by atoms with Crippen LogP contribution in [-0.2, 0) is 10.8 Å². The Labute approximate surface area is 246 Å². The minimum Gasteiger partial charge on any atom is -0.0776 e. The molecule has 0 bridgehead atoms. The smallest absolute Gasteiger partial charge is 0.0714 e. The van der Waals surface area contributed by atoms with Gasteiger partial charge in [0, 0.05) is 0 Å². The molecule has 0 nitrogen and oxygen atoms in total. The van der Waals surface area contributed by atoms with Crippen molar-refractivity contribution in [1.29, 1.82) is 0 Å². The van der Waals surface area contributed by atoms with Crippen LogP contribution >= 0.6 is 0 Å². The second-order valence-electron chi connectivity index (χ2n) is 11.9. The largest absolute Gasteiger partial charge is 0.0776 e. The van der Waals surface area contributed by atoms with Crippen LogP contribution < -0.4 is 0 Å². The molecule has 0 unspecified atom stereocenters. The lowest BCUT2D eigenvalue weighted by Crippen LogP contribution is -2.28. The molecule has 0 heterocycles. The van der Waals surface area contributed by atoms with E-state index in [1.54, 1.807) is 0 Å². The van der Waals surface area contributed by atoms with Crippen molar-refractivity contribution in [1.82, 2.24) is 0 Å². The quantitative estimate of drug-likeness (QED) is 0.207. The summed E-state index contributed by atoms with van der Waals surface area (Å²) in [4.78, 5) is 0. The average Bonchev–Trinajstić information content (AvgIpc) is 3.28. The van der Waals surface area contributed by atoms with Gasteiger partial charge in [-0.15, -0.1) is 0 Å². The van der Waals surface area contributed by atoms with Crippen LogP contribution in [0.25, 0.3) is 32.7 Å². The standard InChI is InChI=1S/C38H32.C2H6.CH4/c1-25-13-14-27-23-31(19-16-26(27)21-25)38(35-11-7-5-9-33(35)34-10-6-8-12-36(34)38)32-20-17-28-22-30(37(2,3)4)18-15-29(28)24-32;1-2;/h5-24H,1-4H3;1-2H3;1H4. The van der Waals surface area contributed by atoms with E-state index in [9.17, 15) is 0 Å². The number of benzene rings is 6. The number of hydrogen-bond donors (Lipinski definition) is 0. The van der Waals surface area contributed by atoms with Crippen molar-refractivity contribution in [3.05, 3.63) is 155 Å². The van der Waals surface area contributed by atoms with Gasteiger partial charge in [0.2, 0.25) is 0 Å². The van der Waals surface area contributed by atoms with Crippen LogP contribution in [0.15, 0.2) is 121 Å². The van der Waals surface area contributed by atoms with Crippen molar-refractivity contribution in [2.75, 3.05) is 0 Å². The van der Waals surface area contributed by atoms with Gasteiger partial charge in [0.15, 0.2) is 0 Å². The Morgan fingerprint density at radius 1 is 0.488 bits per heavy atom. The summed E-state index contributed by atoms with van der Waals surface area (Å²) in [6.45, 7) is 13.0. The molecule has 0 aliphatic heterocycles. The van der Waals surface area contributed by atoms with Crippen LogP contribution in [-0.4, -0.2) is 0 Å². The number of hydrogen-bond acceptors (Lipinski definition) is 0. The van der Waals surface area contributed by atoms with Crippen molar-refractivity contribution >= 4 is 21.5 Å². The van der Waals surface area contributed by atoms with E-state index < -0.39 is 0 Å². The maximum absolute atomic E-state index is 2.43. The molecule has 6 aromatic rings. The predicted octanol–water partition coefficient (Wildman–Crippen LogP) is 11.6. The van der Waals surface area contributed by atoms with Crippen LogP contribution in [0, 0.1) is 6.92 Å². The van der Waals surface area contributed by atoms with Gasteiger partial charge in [-0.05, 0) is 85.0 Å². The maximum Gasteiger partial charge on any atom is 0.0714 e. The normalized spacial score (nSPS) is 13.1. The summed E-state index contributed by atoms with van der Waals surface area (Å²) < 4.78 is 0. The highest BCUT2D eigenvalue weighted by Gasteiger charge is 2.46. The first-order valence-corrected chi connectivity index (χ1v) is 14.6. The average molecular weight is 535 g/mol. The lowest BCUT2D eigenvalue weighted by Gasteiger charge is -2.34. The van der Waals surface area contributed by atoms with Crippen LogP contribution in [0.1, 0.15) is 75.4 Å². The lowest BCUT2D eigenvalue weighted by molar-refractivity contribution is 0.591. The summed E-state index contributed by atoms with van der Waals surface area (Å²) in [5.74, 6) is 0. The molecular formula is C41H42.